The van der Waals surface area contributed by atoms with Crippen LogP contribution in [0.3, 0.4) is 0 Å². The Kier molecular flexibility index (Phi) is 5.53. The predicted octanol–water partition coefficient (Wildman–Crippen LogP) is 3.96. The molecule has 0 aromatic heterocycles. The average molecular weight is 447 g/mol. The van der Waals surface area contributed by atoms with Crippen molar-refractivity contribution >= 4 is 15.9 Å². The van der Waals surface area contributed by atoms with Crippen molar-refractivity contribution in [3.8, 4) is 5.75 Å². The smallest absolute Gasteiger partial charge is 0.255 e. The van der Waals surface area contributed by atoms with Gasteiger partial charge in [0, 0.05) is 18.6 Å². The molecule has 170 valence electrons. The Morgan fingerprint density at radius 3 is 2.13 bits per heavy atom. The molecule has 1 N–H and O–H groups in total. The third kappa shape index (κ3) is 3.99. The fraction of sp³-hybridized carbons (Fsp3) is 0.708. The highest BCUT2D eigenvalue weighted by atomic mass is 32.2. The zero-order valence-corrected chi connectivity index (χ0v) is 19.3. The van der Waals surface area contributed by atoms with Crippen LogP contribution in [0, 0.1) is 17.8 Å². The summed E-state index contributed by atoms with van der Waals surface area (Å²) in [5.41, 5.74) is 0.199. The van der Waals surface area contributed by atoms with Crippen molar-refractivity contribution in [2.24, 2.45) is 17.8 Å². The minimum absolute atomic E-state index is 0.128. The summed E-state index contributed by atoms with van der Waals surface area (Å²) >= 11 is 0. The topological polar surface area (TPSA) is 75.7 Å². The third-order valence-electron chi connectivity index (χ3n) is 8.04. The number of rotatable bonds is 5. The number of sulfonamides is 1. The molecular weight excluding hydrogens is 412 g/mol. The van der Waals surface area contributed by atoms with Crippen molar-refractivity contribution in [1.82, 2.24) is 9.62 Å². The fourth-order valence-corrected chi connectivity index (χ4v) is 8.57. The molecule has 7 heteroatoms. The first-order chi connectivity index (χ1) is 14.9. The van der Waals surface area contributed by atoms with Crippen molar-refractivity contribution < 1.29 is 17.9 Å². The maximum Gasteiger partial charge on any atom is 0.255 e. The van der Waals surface area contributed by atoms with Crippen LogP contribution in [0.2, 0.25) is 0 Å². The Hall–Kier alpha value is -1.60. The van der Waals surface area contributed by atoms with Crippen molar-refractivity contribution in [2.75, 3.05) is 20.2 Å². The molecule has 4 aliphatic carbocycles. The van der Waals surface area contributed by atoms with Gasteiger partial charge < -0.3 is 10.1 Å². The van der Waals surface area contributed by atoms with Gasteiger partial charge in [-0.1, -0.05) is 12.8 Å². The number of ether oxygens (including phenoxy) is 1. The summed E-state index contributed by atoms with van der Waals surface area (Å²) < 4.78 is 33.6. The minimum Gasteiger partial charge on any atom is -0.496 e. The van der Waals surface area contributed by atoms with Gasteiger partial charge >= 0.3 is 0 Å². The summed E-state index contributed by atoms with van der Waals surface area (Å²) in [6, 6.07) is 4.72. The summed E-state index contributed by atoms with van der Waals surface area (Å²) in [5.74, 6) is 2.40. The molecule has 5 fully saturated rings. The highest BCUT2D eigenvalue weighted by Gasteiger charge is 2.51. The van der Waals surface area contributed by atoms with Crippen LogP contribution in [-0.4, -0.2) is 44.4 Å². The lowest BCUT2D eigenvalue weighted by atomic mass is 9.53. The molecule has 4 saturated carbocycles. The van der Waals surface area contributed by atoms with Crippen molar-refractivity contribution in [2.45, 2.75) is 74.6 Å². The second-order valence-corrected chi connectivity index (χ2v) is 12.3. The van der Waals surface area contributed by atoms with Gasteiger partial charge in [0.25, 0.3) is 5.91 Å². The van der Waals surface area contributed by atoms with Gasteiger partial charge in [-0.05, 0) is 87.3 Å². The molecule has 0 atom stereocenters. The minimum atomic E-state index is -3.62. The van der Waals surface area contributed by atoms with E-state index in [9.17, 15) is 13.2 Å². The SMILES string of the molecule is COc1ccc(S(=O)(=O)N2CCCCCC2)cc1C(=O)NC12CC3CC(CC(C3)C1)C2. The monoisotopic (exact) mass is 446 g/mol. The molecule has 1 amide bonds. The Morgan fingerprint density at radius 1 is 1.00 bits per heavy atom. The fourth-order valence-electron chi connectivity index (χ4n) is 7.03. The Balaban J connectivity index is 1.41. The van der Waals surface area contributed by atoms with Gasteiger partial charge in [0.05, 0.1) is 17.6 Å². The number of carbonyl (C=O) groups excluding carboxylic acids is 1. The Labute approximate surface area is 185 Å². The average Bonchev–Trinajstić information content (AvgIpc) is 3.02. The van der Waals surface area contributed by atoms with Crippen LogP contribution in [0.15, 0.2) is 23.1 Å². The number of nitrogens with zero attached hydrogens (tertiary/aromatic N) is 1. The molecule has 0 unspecified atom stereocenters. The quantitative estimate of drug-likeness (QED) is 0.743. The lowest BCUT2D eigenvalue weighted by molar-refractivity contribution is -0.0167. The second-order valence-electron chi connectivity index (χ2n) is 10.3. The van der Waals surface area contributed by atoms with Crippen LogP contribution in [0.1, 0.15) is 74.6 Å². The normalized spacial score (nSPS) is 33.1. The first-order valence-electron chi connectivity index (χ1n) is 11.9. The molecule has 1 aromatic rings. The zero-order valence-electron chi connectivity index (χ0n) is 18.4. The number of carbonyl (C=O) groups is 1. The molecule has 31 heavy (non-hydrogen) atoms. The van der Waals surface area contributed by atoms with E-state index in [0.717, 1.165) is 62.7 Å². The molecule has 1 aromatic carbocycles. The molecule has 1 heterocycles. The van der Waals surface area contributed by atoms with E-state index in [2.05, 4.69) is 5.32 Å². The van der Waals surface area contributed by atoms with Gasteiger partial charge in [0.2, 0.25) is 10.0 Å². The van der Waals surface area contributed by atoms with Crippen LogP contribution >= 0.6 is 0 Å². The maximum atomic E-state index is 13.4. The van der Waals surface area contributed by atoms with Crippen LogP contribution in [-0.2, 0) is 10.0 Å². The molecule has 1 aliphatic heterocycles. The molecule has 6 rings (SSSR count). The van der Waals surface area contributed by atoms with Gasteiger partial charge in [0.15, 0.2) is 0 Å². The third-order valence-corrected chi connectivity index (χ3v) is 9.93. The molecular formula is C24H34N2O4S. The number of benzene rings is 1. The van der Waals surface area contributed by atoms with Crippen molar-refractivity contribution in [1.29, 1.82) is 0 Å². The summed E-state index contributed by atoms with van der Waals surface area (Å²) in [6.07, 6.45) is 11.0. The van der Waals surface area contributed by atoms with E-state index in [0.29, 0.717) is 24.4 Å². The van der Waals surface area contributed by atoms with Crippen LogP contribution in [0.4, 0.5) is 0 Å². The van der Waals surface area contributed by atoms with E-state index < -0.39 is 10.0 Å². The standard InChI is InChI=1S/C24H34N2O4S/c1-30-22-7-6-20(31(28,29)26-8-4-2-3-5-9-26)13-21(22)23(27)25-24-14-17-10-18(15-24)12-19(11-17)16-24/h6-7,13,17-19H,2-5,8-12,14-16H2,1H3,(H,25,27). The van der Waals surface area contributed by atoms with Gasteiger partial charge in [-0.2, -0.15) is 4.31 Å². The van der Waals surface area contributed by atoms with Crippen molar-refractivity contribution in [3.05, 3.63) is 23.8 Å². The van der Waals surface area contributed by atoms with E-state index in [-0.39, 0.29) is 16.3 Å². The van der Waals surface area contributed by atoms with E-state index in [1.807, 2.05) is 0 Å². The zero-order chi connectivity index (χ0) is 21.6. The molecule has 4 bridgehead atoms. The summed E-state index contributed by atoms with van der Waals surface area (Å²) in [6.45, 7) is 1.09. The molecule has 6 nitrogen and oxygen atoms in total. The number of nitrogens with one attached hydrogen (secondary N) is 1. The predicted molar refractivity (Wildman–Crippen MR) is 119 cm³/mol. The van der Waals surface area contributed by atoms with Gasteiger partial charge in [-0.25, -0.2) is 8.42 Å². The molecule has 0 radical (unpaired) electrons. The highest BCUT2D eigenvalue weighted by Crippen LogP contribution is 2.55. The van der Waals surface area contributed by atoms with Crippen LogP contribution in [0.25, 0.3) is 0 Å². The summed E-state index contributed by atoms with van der Waals surface area (Å²) in [5, 5.41) is 3.36. The number of hydrogen-bond acceptors (Lipinski definition) is 4. The number of hydrogen-bond donors (Lipinski definition) is 1. The molecule has 0 spiro atoms. The summed E-state index contributed by atoms with van der Waals surface area (Å²) in [4.78, 5) is 13.6. The first-order valence-corrected chi connectivity index (χ1v) is 13.3. The Morgan fingerprint density at radius 2 is 1.58 bits per heavy atom. The van der Waals surface area contributed by atoms with Gasteiger partial charge in [0.1, 0.15) is 5.75 Å². The van der Waals surface area contributed by atoms with E-state index in [1.54, 1.807) is 16.4 Å². The van der Waals surface area contributed by atoms with E-state index >= 15 is 0 Å². The van der Waals surface area contributed by atoms with Crippen LogP contribution in [0.5, 0.6) is 5.75 Å². The maximum absolute atomic E-state index is 13.4. The number of amides is 1. The lowest BCUT2D eigenvalue weighted by Crippen LogP contribution is -2.59. The molecule has 5 aliphatic rings. The van der Waals surface area contributed by atoms with Gasteiger partial charge in [-0.3, -0.25) is 4.79 Å². The van der Waals surface area contributed by atoms with Crippen LogP contribution < -0.4 is 10.1 Å². The van der Waals surface area contributed by atoms with Gasteiger partial charge in [-0.15, -0.1) is 0 Å². The Bertz CT molecular complexity index is 915. The second kappa shape index (κ2) is 8.07. The number of methoxy groups -OCH3 is 1. The highest BCUT2D eigenvalue weighted by molar-refractivity contribution is 7.89. The largest absolute Gasteiger partial charge is 0.496 e. The van der Waals surface area contributed by atoms with E-state index in [1.165, 1.54) is 32.4 Å². The summed E-state index contributed by atoms with van der Waals surface area (Å²) in [7, 11) is -2.09. The molecule has 1 saturated heterocycles. The lowest BCUT2D eigenvalue weighted by Gasteiger charge is -2.56. The van der Waals surface area contributed by atoms with Crippen molar-refractivity contribution in [3.63, 3.8) is 0 Å². The first kappa shape index (κ1) is 21.3. The van der Waals surface area contributed by atoms with E-state index in [4.69, 9.17) is 4.74 Å².